The number of benzene rings is 2. The fourth-order valence-electron chi connectivity index (χ4n) is 4.53. The molecule has 1 N–H and O–H groups in total. The third-order valence-corrected chi connectivity index (χ3v) is 9.62. The third-order valence-electron chi connectivity index (χ3n) is 6.53. The Bertz CT molecular complexity index is 1270. The fraction of sp³-hybridized carbons (Fsp3) is 0.423. The highest BCUT2D eigenvalue weighted by Gasteiger charge is 2.40. The summed E-state index contributed by atoms with van der Waals surface area (Å²) in [5.74, 6) is -0.433. The maximum absolute atomic E-state index is 13.3. The molecule has 202 valence electrons. The first-order valence-electron chi connectivity index (χ1n) is 12.6. The van der Waals surface area contributed by atoms with Crippen molar-refractivity contribution in [2.45, 2.75) is 35.5 Å². The number of thioether (sulfide) groups is 1. The molecule has 3 saturated heterocycles. The van der Waals surface area contributed by atoms with Crippen LogP contribution in [0.2, 0.25) is 0 Å². The first-order valence-corrected chi connectivity index (χ1v) is 14.9. The van der Waals surface area contributed by atoms with E-state index >= 15 is 0 Å². The van der Waals surface area contributed by atoms with E-state index in [1.54, 1.807) is 29.2 Å². The lowest BCUT2D eigenvalue weighted by Crippen LogP contribution is -2.40. The van der Waals surface area contributed by atoms with E-state index in [0.29, 0.717) is 56.0 Å². The molecule has 0 spiro atoms. The van der Waals surface area contributed by atoms with Crippen LogP contribution in [0.4, 0.5) is 11.4 Å². The molecule has 38 heavy (non-hydrogen) atoms. The van der Waals surface area contributed by atoms with Crippen LogP contribution in [0.1, 0.15) is 19.3 Å². The third kappa shape index (κ3) is 6.26. The molecule has 2 atom stereocenters. The number of amidine groups is 1. The summed E-state index contributed by atoms with van der Waals surface area (Å²) in [7, 11) is -3.62. The predicted molar refractivity (Wildman–Crippen MR) is 145 cm³/mol. The van der Waals surface area contributed by atoms with Crippen molar-refractivity contribution in [3.8, 4) is 0 Å². The minimum absolute atomic E-state index is 0.0101. The summed E-state index contributed by atoms with van der Waals surface area (Å²) in [5, 5.41) is 2.70. The molecule has 3 aliphatic rings. The summed E-state index contributed by atoms with van der Waals surface area (Å²) in [6.45, 7) is 2.42. The molecule has 5 rings (SSSR count). The van der Waals surface area contributed by atoms with Crippen molar-refractivity contribution in [1.82, 2.24) is 9.21 Å². The quantitative estimate of drug-likeness (QED) is 0.529. The van der Waals surface area contributed by atoms with E-state index < -0.39 is 15.3 Å². The van der Waals surface area contributed by atoms with E-state index in [2.05, 4.69) is 10.3 Å². The Kier molecular flexibility index (Phi) is 8.44. The monoisotopic (exact) mass is 558 g/mol. The Morgan fingerprint density at radius 2 is 1.79 bits per heavy atom. The number of carbonyl (C=O) groups is 2. The van der Waals surface area contributed by atoms with Gasteiger partial charge in [-0.2, -0.15) is 4.31 Å². The lowest BCUT2D eigenvalue weighted by Gasteiger charge is -2.26. The molecule has 3 fully saturated rings. The van der Waals surface area contributed by atoms with Gasteiger partial charge in [0.1, 0.15) is 5.25 Å². The standard InChI is InChI=1S/C26H30N4O6S2/c31-24(27-19-5-2-1-3-6-19)17-23-25(32)30(18-21-7-4-14-36-21)26(37-23)28-20-8-10-22(11-9-20)38(33,34)29-12-15-35-16-13-29/h1-3,5-6,8-11,21,23H,4,7,12-18H2,(H,27,31)/t21-,23+/m0/s1. The van der Waals surface area contributed by atoms with Gasteiger partial charge in [0, 0.05) is 31.8 Å². The zero-order valence-electron chi connectivity index (χ0n) is 20.8. The Labute approximate surface area is 226 Å². The Balaban J connectivity index is 1.32. The zero-order chi connectivity index (χ0) is 26.5. The average Bonchev–Trinajstić information content (AvgIpc) is 3.54. The van der Waals surface area contributed by atoms with Gasteiger partial charge >= 0.3 is 0 Å². The molecule has 0 radical (unpaired) electrons. The van der Waals surface area contributed by atoms with E-state index in [1.807, 2.05) is 18.2 Å². The molecule has 3 heterocycles. The van der Waals surface area contributed by atoms with Crippen molar-refractivity contribution in [1.29, 1.82) is 0 Å². The van der Waals surface area contributed by atoms with Gasteiger partial charge in [-0.25, -0.2) is 13.4 Å². The molecule has 0 bridgehead atoms. The number of hydrogen-bond donors (Lipinski definition) is 1. The molecular weight excluding hydrogens is 528 g/mol. The molecule has 2 aromatic rings. The van der Waals surface area contributed by atoms with Crippen LogP contribution >= 0.6 is 11.8 Å². The number of sulfonamides is 1. The molecule has 10 nitrogen and oxygen atoms in total. The molecule has 0 aliphatic carbocycles. The molecule has 2 aromatic carbocycles. The maximum atomic E-state index is 13.3. The number of rotatable bonds is 8. The number of anilines is 1. The number of aliphatic imine (C=N–C) groups is 1. The predicted octanol–water partition coefficient (Wildman–Crippen LogP) is 2.85. The largest absolute Gasteiger partial charge is 0.379 e. The number of morpholine rings is 1. The second kappa shape index (κ2) is 12.0. The number of carbonyl (C=O) groups excluding carboxylic acids is 2. The Morgan fingerprint density at radius 1 is 1.05 bits per heavy atom. The van der Waals surface area contributed by atoms with Crippen molar-refractivity contribution in [3.63, 3.8) is 0 Å². The average molecular weight is 559 g/mol. The van der Waals surface area contributed by atoms with Crippen molar-refractivity contribution >= 4 is 50.1 Å². The van der Waals surface area contributed by atoms with Gasteiger partial charge < -0.3 is 14.8 Å². The van der Waals surface area contributed by atoms with Crippen LogP contribution in [0.5, 0.6) is 0 Å². The molecule has 0 aromatic heterocycles. The van der Waals surface area contributed by atoms with Gasteiger partial charge in [-0.05, 0) is 49.2 Å². The van der Waals surface area contributed by atoms with E-state index in [0.717, 1.165) is 12.8 Å². The van der Waals surface area contributed by atoms with Gasteiger partial charge in [-0.1, -0.05) is 30.0 Å². The number of hydrogen-bond acceptors (Lipinski definition) is 8. The highest BCUT2D eigenvalue weighted by atomic mass is 32.2. The smallest absolute Gasteiger partial charge is 0.243 e. The number of para-hydroxylation sites is 1. The summed E-state index contributed by atoms with van der Waals surface area (Å²) in [6.07, 6.45) is 1.72. The van der Waals surface area contributed by atoms with Crippen LogP contribution in [0.25, 0.3) is 0 Å². The van der Waals surface area contributed by atoms with Gasteiger partial charge in [0.2, 0.25) is 21.8 Å². The summed E-state index contributed by atoms with van der Waals surface area (Å²) < 4.78 is 38.3. The lowest BCUT2D eigenvalue weighted by atomic mass is 10.2. The normalized spacial score (nSPS) is 23.7. The molecule has 12 heteroatoms. The number of nitrogens with zero attached hydrogens (tertiary/aromatic N) is 3. The van der Waals surface area contributed by atoms with Crippen LogP contribution in [0.15, 0.2) is 64.5 Å². The van der Waals surface area contributed by atoms with Crippen molar-refractivity contribution in [2.75, 3.05) is 44.8 Å². The SMILES string of the molecule is O=C(C[C@H]1SC(=Nc2ccc(S(=O)(=O)N3CCOCC3)cc2)N(C[C@@H]2CCCO2)C1=O)Nc1ccccc1. The summed E-state index contributed by atoms with van der Waals surface area (Å²) in [6, 6.07) is 15.4. The maximum Gasteiger partial charge on any atom is 0.243 e. The van der Waals surface area contributed by atoms with Gasteiger partial charge in [-0.15, -0.1) is 0 Å². The summed E-state index contributed by atoms with van der Waals surface area (Å²) >= 11 is 1.25. The van der Waals surface area contributed by atoms with Crippen molar-refractivity contribution in [3.05, 3.63) is 54.6 Å². The van der Waals surface area contributed by atoms with Gasteiger partial charge in [0.25, 0.3) is 0 Å². The first kappa shape index (κ1) is 26.8. The number of amides is 2. The second-order valence-corrected chi connectivity index (χ2v) is 12.3. The van der Waals surface area contributed by atoms with Crippen LogP contribution in [-0.4, -0.2) is 85.4 Å². The number of ether oxygens (including phenoxy) is 2. The van der Waals surface area contributed by atoms with Crippen LogP contribution < -0.4 is 5.32 Å². The molecule has 2 amide bonds. The van der Waals surface area contributed by atoms with E-state index in [-0.39, 0.29) is 29.2 Å². The molecular formula is C26H30N4O6S2. The van der Waals surface area contributed by atoms with Crippen molar-refractivity contribution < 1.29 is 27.5 Å². The highest BCUT2D eigenvalue weighted by Crippen LogP contribution is 2.33. The van der Waals surface area contributed by atoms with Crippen LogP contribution in [0, 0.1) is 0 Å². The van der Waals surface area contributed by atoms with Crippen molar-refractivity contribution in [2.24, 2.45) is 4.99 Å². The van der Waals surface area contributed by atoms with E-state index in [1.165, 1.54) is 28.2 Å². The first-order chi connectivity index (χ1) is 18.4. The molecule has 0 unspecified atom stereocenters. The second-order valence-electron chi connectivity index (χ2n) is 9.21. The summed E-state index contributed by atoms with van der Waals surface area (Å²) in [5.41, 5.74) is 1.19. The minimum Gasteiger partial charge on any atom is -0.379 e. The molecule has 3 aliphatic heterocycles. The Hall–Kier alpha value is -2.77. The number of nitrogens with one attached hydrogen (secondary N) is 1. The fourth-order valence-corrected chi connectivity index (χ4v) is 7.10. The van der Waals surface area contributed by atoms with Gasteiger partial charge in [-0.3, -0.25) is 14.5 Å². The van der Waals surface area contributed by atoms with Crippen LogP contribution in [-0.2, 0) is 29.1 Å². The van der Waals surface area contributed by atoms with Gasteiger partial charge in [0.15, 0.2) is 5.17 Å². The van der Waals surface area contributed by atoms with E-state index in [4.69, 9.17) is 9.47 Å². The zero-order valence-corrected chi connectivity index (χ0v) is 22.5. The summed E-state index contributed by atoms with van der Waals surface area (Å²) in [4.78, 5) is 32.5. The molecule has 0 saturated carbocycles. The van der Waals surface area contributed by atoms with Crippen LogP contribution in [0.3, 0.4) is 0 Å². The minimum atomic E-state index is -3.62. The van der Waals surface area contributed by atoms with E-state index in [9.17, 15) is 18.0 Å². The Morgan fingerprint density at radius 3 is 2.47 bits per heavy atom. The topological polar surface area (TPSA) is 118 Å². The lowest BCUT2D eigenvalue weighted by molar-refractivity contribution is -0.129. The highest BCUT2D eigenvalue weighted by molar-refractivity contribution is 8.15. The van der Waals surface area contributed by atoms with Gasteiger partial charge in [0.05, 0.1) is 36.4 Å².